The molecule has 144 valence electrons. The number of carbonyl (C=O) groups excluding carboxylic acids is 1. The van der Waals surface area contributed by atoms with E-state index in [4.69, 9.17) is 16.3 Å². The number of aromatic nitrogens is 1. The number of hydrogen-bond acceptors (Lipinski definition) is 3. The van der Waals surface area contributed by atoms with Gasteiger partial charge in [-0.25, -0.2) is 4.79 Å². The Bertz CT molecular complexity index is 1050. The first-order valence-corrected chi connectivity index (χ1v) is 9.72. The van der Waals surface area contributed by atoms with E-state index in [2.05, 4.69) is 22.9 Å². The highest BCUT2D eigenvalue weighted by Crippen LogP contribution is 2.36. The lowest BCUT2D eigenvalue weighted by Crippen LogP contribution is -2.14. The molecule has 1 aromatic heterocycles. The van der Waals surface area contributed by atoms with E-state index in [9.17, 15) is 10.1 Å². The first kappa shape index (κ1) is 19.8. The quantitative estimate of drug-likeness (QED) is 0.540. The van der Waals surface area contributed by atoms with Crippen LogP contribution in [0.1, 0.15) is 32.3 Å². The van der Waals surface area contributed by atoms with Crippen molar-refractivity contribution in [3.63, 3.8) is 0 Å². The number of fused-ring (bicyclic) bond motifs is 1. The van der Waals surface area contributed by atoms with Crippen molar-refractivity contribution in [1.29, 1.82) is 5.26 Å². The molecule has 1 N–H and O–H groups in total. The van der Waals surface area contributed by atoms with Crippen molar-refractivity contribution >= 4 is 34.3 Å². The monoisotopic (exact) mass is 395 g/mol. The summed E-state index contributed by atoms with van der Waals surface area (Å²) in [4.78, 5) is 11.9. The third-order valence-electron chi connectivity index (χ3n) is 4.40. The molecule has 0 spiro atoms. The van der Waals surface area contributed by atoms with Gasteiger partial charge in [0, 0.05) is 33.7 Å². The molecule has 28 heavy (non-hydrogen) atoms. The minimum Gasteiger partial charge on any atom is -0.449 e. The van der Waals surface area contributed by atoms with Gasteiger partial charge in [0.15, 0.2) is 0 Å². The zero-order valence-electron chi connectivity index (χ0n) is 16.0. The van der Waals surface area contributed by atoms with E-state index < -0.39 is 6.09 Å². The van der Waals surface area contributed by atoms with Crippen LogP contribution in [0.25, 0.3) is 22.2 Å². The lowest BCUT2D eigenvalue weighted by molar-refractivity contribution is 0.161. The molecule has 3 aromatic rings. The normalized spacial score (nSPS) is 10.6. The summed E-state index contributed by atoms with van der Waals surface area (Å²) in [5.74, 6) is 0. The third kappa shape index (κ3) is 3.97. The van der Waals surface area contributed by atoms with Crippen molar-refractivity contribution in [1.82, 2.24) is 4.57 Å². The average Bonchev–Trinajstić information content (AvgIpc) is 2.99. The maximum atomic E-state index is 11.9. The van der Waals surface area contributed by atoms with E-state index >= 15 is 0 Å². The van der Waals surface area contributed by atoms with E-state index in [0.717, 1.165) is 41.5 Å². The summed E-state index contributed by atoms with van der Waals surface area (Å²) in [5.41, 5.74) is 3.85. The molecule has 0 aliphatic carbocycles. The number of nitrogens with one attached hydrogen (secondary N) is 1. The highest BCUT2D eigenvalue weighted by Gasteiger charge is 2.19. The van der Waals surface area contributed by atoms with E-state index in [1.54, 1.807) is 6.07 Å². The van der Waals surface area contributed by atoms with Crippen molar-refractivity contribution in [2.24, 2.45) is 0 Å². The first-order valence-electron chi connectivity index (χ1n) is 9.35. The van der Waals surface area contributed by atoms with Gasteiger partial charge in [-0.3, -0.25) is 5.32 Å². The average molecular weight is 396 g/mol. The summed E-state index contributed by atoms with van der Waals surface area (Å²) in [6.45, 7) is 5.18. The van der Waals surface area contributed by atoms with Gasteiger partial charge in [0.1, 0.15) is 6.07 Å². The molecule has 1 amide bonds. The minimum absolute atomic E-state index is 0.371. The molecule has 1 heterocycles. The number of amides is 1. The number of benzene rings is 2. The van der Waals surface area contributed by atoms with Crippen LogP contribution in [0.15, 0.2) is 42.5 Å². The van der Waals surface area contributed by atoms with Crippen LogP contribution < -0.4 is 5.32 Å². The zero-order valence-corrected chi connectivity index (χ0v) is 16.7. The van der Waals surface area contributed by atoms with Gasteiger partial charge in [0.25, 0.3) is 0 Å². The van der Waals surface area contributed by atoms with Crippen LogP contribution in [0.5, 0.6) is 0 Å². The molecule has 0 fully saturated rings. The summed E-state index contributed by atoms with van der Waals surface area (Å²) < 4.78 is 7.22. The second kappa shape index (κ2) is 8.81. The van der Waals surface area contributed by atoms with Crippen molar-refractivity contribution in [2.45, 2.75) is 33.2 Å². The fourth-order valence-corrected chi connectivity index (χ4v) is 3.46. The molecule has 2 aromatic carbocycles. The Hall–Kier alpha value is -2.97. The van der Waals surface area contributed by atoms with Crippen LogP contribution in [0, 0.1) is 11.3 Å². The van der Waals surface area contributed by atoms with E-state index in [0.29, 0.717) is 22.9 Å². The molecular formula is C22H22ClN3O2. The largest absolute Gasteiger partial charge is 0.449 e. The molecular weight excluding hydrogens is 374 g/mol. The second-order valence-corrected chi connectivity index (χ2v) is 6.93. The number of hydrogen-bond donors (Lipinski definition) is 1. The Morgan fingerprint density at radius 1 is 1.21 bits per heavy atom. The number of nitrogens with zero attached hydrogens (tertiary/aromatic N) is 2. The van der Waals surface area contributed by atoms with Gasteiger partial charge >= 0.3 is 6.09 Å². The molecule has 0 unspecified atom stereocenters. The van der Waals surface area contributed by atoms with Crippen LogP contribution in [0.3, 0.4) is 0 Å². The molecule has 0 bridgehead atoms. The van der Waals surface area contributed by atoms with Gasteiger partial charge in [-0.05, 0) is 43.2 Å². The van der Waals surface area contributed by atoms with Crippen LogP contribution in [0.2, 0.25) is 5.02 Å². The number of rotatable bonds is 6. The van der Waals surface area contributed by atoms with Crippen LogP contribution in [-0.2, 0) is 11.3 Å². The van der Waals surface area contributed by atoms with Gasteiger partial charge in [0.05, 0.1) is 17.9 Å². The van der Waals surface area contributed by atoms with Crippen molar-refractivity contribution in [2.75, 3.05) is 11.9 Å². The lowest BCUT2D eigenvalue weighted by Gasteiger charge is -2.12. The van der Waals surface area contributed by atoms with Crippen LogP contribution in [-0.4, -0.2) is 17.3 Å². The van der Waals surface area contributed by atoms with E-state index in [-0.39, 0.29) is 0 Å². The highest BCUT2D eigenvalue weighted by molar-refractivity contribution is 6.31. The molecule has 6 heteroatoms. The maximum absolute atomic E-state index is 11.9. The van der Waals surface area contributed by atoms with E-state index in [1.807, 2.05) is 43.3 Å². The van der Waals surface area contributed by atoms with Crippen molar-refractivity contribution < 1.29 is 9.53 Å². The number of aryl methyl sites for hydroxylation is 1. The fourth-order valence-electron chi connectivity index (χ4n) is 3.29. The summed E-state index contributed by atoms with van der Waals surface area (Å²) >= 11 is 6.18. The van der Waals surface area contributed by atoms with Gasteiger partial charge in [-0.2, -0.15) is 5.26 Å². The molecule has 0 aliphatic heterocycles. The Labute approximate surface area is 169 Å². The topological polar surface area (TPSA) is 67.0 Å². The Morgan fingerprint density at radius 2 is 2.04 bits per heavy atom. The number of anilines is 1. The van der Waals surface area contributed by atoms with Gasteiger partial charge in [-0.1, -0.05) is 37.6 Å². The molecule has 0 saturated heterocycles. The summed E-state index contributed by atoms with van der Waals surface area (Å²) in [6.07, 6.45) is 1.20. The number of nitriles is 1. The van der Waals surface area contributed by atoms with Gasteiger partial charge in [-0.15, -0.1) is 0 Å². The smallest absolute Gasteiger partial charge is 0.411 e. The predicted molar refractivity (Wildman–Crippen MR) is 113 cm³/mol. The SMILES string of the molecule is CCCOC(=O)Nc1cccc(-c2c(C#N)c3cc(Cl)ccc3n2CCC)c1. The zero-order chi connectivity index (χ0) is 20.1. The number of halogens is 1. The summed E-state index contributed by atoms with van der Waals surface area (Å²) in [6, 6.07) is 15.4. The molecule has 3 rings (SSSR count). The molecule has 0 aliphatic rings. The highest BCUT2D eigenvalue weighted by atomic mass is 35.5. The first-order chi connectivity index (χ1) is 13.6. The lowest BCUT2D eigenvalue weighted by atomic mass is 10.1. The summed E-state index contributed by atoms with van der Waals surface area (Å²) in [5, 5.41) is 14.0. The fraction of sp³-hybridized carbons (Fsp3) is 0.273. The van der Waals surface area contributed by atoms with Crippen molar-refractivity contribution in [3.05, 3.63) is 53.1 Å². The van der Waals surface area contributed by atoms with Crippen LogP contribution in [0.4, 0.5) is 10.5 Å². The summed E-state index contributed by atoms with van der Waals surface area (Å²) in [7, 11) is 0. The Morgan fingerprint density at radius 3 is 2.75 bits per heavy atom. The third-order valence-corrected chi connectivity index (χ3v) is 4.64. The second-order valence-electron chi connectivity index (χ2n) is 6.49. The minimum atomic E-state index is -0.486. The Kier molecular flexibility index (Phi) is 6.23. The Balaban J connectivity index is 2.10. The van der Waals surface area contributed by atoms with Crippen LogP contribution >= 0.6 is 11.6 Å². The maximum Gasteiger partial charge on any atom is 0.411 e. The van der Waals surface area contributed by atoms with Crippen molar-refractivity contribution in [3.8, 4) is 17.3 Å². The number of carbonyl (C=O) groups is 1. The van der Waals surface area contributed by atoms with Gasteiger partial charge in [0.2, 0.25) is 0 Å². The van der Waals surface area contributed by atoms with E-state index in [1.165, 1.54) is 0 Å². The standard InChI is InChI=1S/C22H22ClN3O2/c1-3-10-26-20-9-8-16(23)13-18(20)19(14-24)21(26)15-6-5-7-17(12-15)25-22(27)28-11-4-2/h5-9,12-13H,3-4,10-11H2,1-2H3,(H,25,27). The molecule has 0 atom stereocenters. The number of ether oxygens (including phenoxy) is 1. The predicted octanol–water partition coefficient (Wildman–Crippen LogP) is 6.20. The molecule has 0 radical (unpaired) electrons. The molecule has 5 nitrogen and oxygen atoms in total. The van der Waals surface area contributed by atoms with Gasteiger partial charge < -0.3 is 9.30 Å². The molecule has 0 saturated carbocycles.